The SMILES string of the molecule is C#C/C=C\c1c(CC2=CCC(c3ccc(-c4ccc(C)cc4)cc3)C=C2)oc(=C/C)/c1=C\C.CC. The highest BCUT2D eigenvalue weighted by Crippen LogP contribution is 2.30. The van der Waals surface area contributed by atoms with Gasteiger partial charge in [0.2, 0.25) is 0 Å². The van der Waals surface area contributed by atoms with Gasteiger partial charge in [0.15, 0.2) is 0 Å². The number of aryl methyl sites for hydroxylation is 1. The van der Waals surface area contributed by atoms with Crippen molar-refractivity contribution in [1.29, 1.82) is 0 Å². The summed E-state index contributed by atoms with van der Waals surface area (Å²) in [5, 5.41) is 1.10. The molecule has 1 heterocycles. The molecule has 1 aliphatic carbocycles. The van der Waals surface area contributed by atoms with Crippen LogP contribution in [0, 0.1) is 19.3 Å². The van der Waals surface area contributed by atoms with Crippen molar-refractivity contribution in [3.63, 3.8) is 0 Å². The highest BCUT2D eigenvalue weighted by molar-refractivity contribution is 5.64. The summed E-state index contributed by atoms with van der Waals surface area (Å²) in [5.74, 6) is 3.95. The van der Waals surface area contributed by atoms with Gasteiger partial charge in [-0.05, 0) is 67.7 Å². The molecule has 4 rings (SSSR count). The molecule has 0 N–H and O–H groups in total. The number of hydrogen-bond acceptors (Lipinski definition) is 1. The molecule has 178 valence electrons. The zero-order chi connectivity index (χ0) is 25.2. The van der Waals surface area contributed by atoms with Gasteiger partial charge in [-0.2, -0.15) is 0 Å². The van der Waals surface area contributed by atoms with E-state index < -0.39 is 0 Å². The van der Waals surface area contributed by atoms with Gasteiger partial charge in [0.1, 0.15) is 11.2 Å². The fourth-order valence-corrected chi connectivity index (χ4v) is 4.38. The molecule has 1 aliphatic rings. The molecule has 0 fully saturated rings. The number of furan rings is 1. The highest BCUT2D eigenvalue weighted by Gasteiger charge is 2.15. The van der Waals surface area contributed by atoms with E-state index in [1.165, 1.54) is 27.8 Å². The first-order valence-electron chi connectivity index (χ1n) is 12.5. The lowest BCUT2D eigenvalue weighted by molar-refractivity contribution is 0.488. The smallest absolute Gasteiger partial charge is 0.130 e. The van der Waals surface area contributed by atoms with Gasteiger partial charge in [-0.15, -0.1) is 6.42 Å². The number of rotatable bonds is 5. The Hall–Kier alpha value is -3.76. The maximum atomic E-state index is 6.18. The van der Waals surface area contributed by atoms with Gasteiger partial charge in [-0.3, -0.25) is 0 Å². The van der Waals surface area contributed by atoms with E-state index in [-0.39, 0.29) is 0 Å². The molecule has 0 saturated carbocycles. The second-order valence-corrected chi connectivity index (χ2v) is 8.44. The van der Waals surface area contributed by atoms with Gasteiger partial charge in [0.25, 0.3) is 0 Å². The minimum atomic E-state index is 0.400. The van der Waals surface area contributed by atoms with Crippen LogP contribution in [0.2, 0.25) is 0 Å². The number of terminal acetylenes is 1. The largest absolute Gasteiger partial charge is 0.460 e. The lowest BCUT2D eigenvalue weighted by atomic mass is 9.88. The van der Waals surface area contributed by atoms with Crippen molar-refractivity contribution in [1.82, 2.24) is 0 Å². The third-order valence-corrected chi connectivity index (χ3v) is 6.25. The van der Waals surface area contributed by atoms with Crippen LogP contribution in [0.15, 0.2) is 82.8 Å². The van der Waals surface area contributed by atoms with Crippen LogP contribution in [-0.4, -0.2) is 0 Å². The molecule has 1 heteroatoms. The van der Waals surface area contributed by atoms with E-state index in [0.29, 0.717) is 5.92 Å². The molecule has 0 bridgehead atoms. The average molecular weight is 461 g/mol. The molecule has 1 unspecified atom stereocenters. The molecule has 1 nitrogen and oxygen atoms in total. The van der Waals surface area contributed by atoms with Crippen LogP contribution in [0.4, 0.5) is 0 Å². The second kappa shape index (κ2) is 12.6. The number of allylic oxidation sites excluding steroid dienone is 5. The molecule has 1 aromatic heterocycles. The summed E-state index contributed by atoms with van der Waals surface area (Å²) >= 11 is 0. The molecule has 3 aromatic rings. The van der Waals surface area contributed by atoms with E-state index in [4.69, 9.17) is 10.8 Å². The third-order valence-electron chi connectivity index (χ3n) is 6.25. The fourth-order valence-electron chi connectivity index (χ4n) is 4.38. The quantitative estimate of drug-likeness (QED) is 0.355. The van der Waals surface area contributed by atoms with Crippen LogP contribution in [0.25, 0.3) is 29.4 Å². The number of hydrogen-bond donors (Lipinski definition) is 0. The second-order valence-electron chi connectivity index (χ2n) is 8.44. The Morgan fingerprint density at radius 3 is 2.17 bits per heavy atom. The van der Waals surface area contributed by atoms with Crippen LogP contribution < -0.4 is 10.6 Å². The Bertz CT molecular complexity index is 1360. The molecule has 2 aromatic carbocycles. The summed E-state index contributed by atoms with van der Waals surface area (Å²) in [6, 6.07) is 17.7. The van der Waals surface area contributed by atoms with Crippen LogP contribution in [-0.2, 0) is 6.42 Å². The van der Waals surface area contributed by atoms with Gasteiger partial charge in [-0.1, -0.05) is 98.2 Å². The molecule has 0 spiro atoms. The Balaban J connectivity index is 0.00000167. The Morgan fingerprint density at radius 1 is 0.971 bits per heavy atom. The predicted octanol–water partition coefficient (Wildman–Crippen LogP) is 7.74. The van der Waals surface area contributed by atoms with E-state index in [9.17, 15) is 0 Å². The summed E-state index contributed by atoms with van der Waals surface area (Å²) in [6.45, 7) is 10.1. The molecule has 35 heavy (non-hydrogen) atoms. The van der Waals surface area contributed by atoms with Crippen molar-refractivity contribution in [3.8, 4) is 23.5 Å². The van der Waals surface area contributed by atoms with Crippen LogP contribution in [0.3, 0.4) is 0 Å². The predicted molar refractivity (Wildman–Crippen MR) is 152 cm³/mol. The zero-order valence-electron chi connectivity index (χ0n) is 21.6. The van der Waals surface area contributed by atoms with E-state index in [1.807, 2.05) is 39.8 Å². The Morgan fingerprint density at radius 2 is 1.63 bits per heavy atom. The van der Waals surface area contributed by atoms with Crippen molar-refractivity contribution in [2.45, 2.75) is 53.4 Å². The van der Waals surface area contributed by atoms with Gasteiger partial charge < -0.3 is 4.42 Å². The zero-order valence-corrected chi connectivity index (χ0v) is 21.6. The van der Waals surface area contributed by atoms with E-state index >= 15 is 0 Å². The molecule has 0 saturated heterocycles. The van der Waals surface area contributed by atoms with Crippen molar-refractivity contribution in [2.24, 2.45) is 0 Å². The summed E-state index contributed by atoms with van der Waals surface area (Å²) in [6.07, 6.45) is 21.9. The molecule has 0 aliphatic heterocycles. The highest BCUT2D eigenvalue weighted by atomic mass is 16.3. The topological polar surface area (TPSA) is 13.1 Å². The van der Waals surface area contributed by atoms with Crippen LogP contribution in [0.1, 0.15) is 62.5 Å². The first-order valence-corrected chi connectivity index (χ1v) is 12.5. The van der Waals surface area contributed by atoms with E-state index in [0.717, 1.165) is 34.8 Å². The van der Waals surface area contributed by atoms with E-state index in [1.54, 1.807) is 6.08 Å². The first-order chi connectivity index (χ1) is 17.1. The number of benzene rings is 2. The summed E-state index contributed by atoms with van der Waals surface area (Å²) in [4.78, 5) is 0. The normalized spacial score (nSPS) is 16.1. The minimum Gasteiger partial charge on any atom is -0.460 e. The lowest BCUT2D eigenvalue weighted by Crippen LogP contribution is -2.20. The maximum Gasteiger partial charge on any atom is 0.130 e. The third kappa shape index (κ3) is 6.23. The fraction of sp³-hybridized carbons (Fsp3) is 0.235. The lowest BCUT2D eigenvalue weighted by Gasteiger charge is -2.17. The molecule has 1 atom stereocenters. The summed E-state index contributed by atoms with van der Waals surface area (Å²) < 4.78 is 6.18. The van der Waals surface area contributed by atoms with Crippen LogP contribution in [0.5, 0.6) is 0 Å². The van der Waals surface area contributed by atoms with Gasteiger partial charge in [0.05, 0.1) is 0 Å². The van der Waals surface area contributed by atoms with E-state index in [2.05, 4.69) is 85.7 Å². The minimum absolute atomic E-state index is 0.400. The van der Waals surface area contributed by atoms with Crippen molar-refractivity contribution >= 4 is 18.2 Å². The first kappa shape index (κ1) is 25.9. The van der Waals surface area contributed by atoms with Crippen molar-refractivity contribution in [3.05, 3.63) is 111 Å². The van der Waals surface area contributed by atoms with Crippen molar-refractivity contribution in [2.75, 3.05) is 0 Å². The molecular formula is C34H36O. The summed E-state index contributed by atoms with van der Waals surface area (Å²) in [5.41, 5.74) is 8.40. The standard InChI is InChI=1S/C32H30O.C2H6/c1-5-8-9-30-29(6-2)31(7-3)33-32(30)22-24-12-16-26(17-13-24)28-20-18-27(19-21-28)25-14-10-23(4)11-15-25;1-2/h1,6-16,18-21,26H,17,22H2,2-4H3;1-2H3/b9-8-,29-6-,31-7+;. The van der Waals surface area contributed by atoms with Gasteiger partial charge in [0, 0.05) is 23.1 Å². The monoisotopic (exact) mass is 460 g/mol. The molecule has 0 amide bonds. The van der Waals surface area contributed by atoms with Crippen molar-refractivity contribution < 1.29 is 4.42 Å². The molecule has 0 radical (unpaired) electrons. The molecular weight excluding hydrogens is 424 g/mol. The maximum absolute atomic E-state index is 6.18. The summed E-state index contributed by atoms with van der Waals surface area (Å²) in [7, 11) is 0. The Kier molecular flexibility index (Phi) is 9.33. The van der Waals surface area contributed by atoms with Gasteiger partial charge in [-0.25, -0.2) is 0 Å². The van der Waals surface area contributed by atoms with Gasteiger partial charge >= 0.3 is 0 Å². The van der Waals surface area contributed by atoms with Crippen LogP contribution >= 0.6 is 0 Å². The Labute approximate surface area is 210 Å². The average Bonchev–Trinajstić information content (AvgIpc) is 3.25.